The van der Waals surface area contributed by atoms with Crippen molar-refractivity contribution in [2.45, 2.75) is 25.8 Å². The molecule has 4 nitrogen and oxygen atoms in total. The third-order valence-corrected chi connectivity index (χ3v) is 3.27. The smallest absolute Gasteiger partial charge is 0.257 e. The lowest BCUT2D eigenvalue weighted by Crippen LogP contribution is -2.28. The highest BCUT2D eigenvalue weighted by atomic mass is 16.5. The minimum atomic E-state index is -0.138. The van der Waals surface area contributed by atoms with Gasteiger partial charge in [-0.25, -0.2) is 0 Å². The molecule has 0 heterocycles. The van der Waals surface area contributed by atoms with Gasteiger partial charge < -0.3 is 15.8 Å². The molecule has 2 atom stereocenters. The molecule has 1 aromatic carbocycles. The van der Waals surface area contributed by atoms with Crippen molar-refractivity contribution in [2.75, 3.05) is 12.8 Å². The van der Waals surface area contributed by atoms with Crippen molar-refractivity contribution < 1.29 is 9.53 Å². The first-order valence-corrected chi connectivity index (χ1v) is 5.90. The number of ether oxygens (including phenoxy) is 1. The zero-order chi connectivity index (χ0) is 12.4. The van der Waals surface area contributed by atoms with E-state index in [4.69, 9.17) is 10.5 Å². The maximum Gasteiger partial charge on any atom is 0.257 e. The number of rotatable bonds is 4. The Labute approximate surface area is 101 Å². The molecule has 1 aliphatic carbocycles. The minimum Gasteiger partial charge on any atom is -0.496 e. The summed E-state index contributed by atoms with van der Waals surface area (Å²) in [5.41, 5.74) is 6.72. The number of carbonyl (C=O) groups excluding carboxylic acids is 1. The Balaban J connectivity index is 2.13. The first kappa shape index (κ1) is 11.8. The van der Waals surface area contributed by atoms with Crippen molar-refractivity contribution in [3.05, 3.63) is 23.8 Å². The molecule has 2 rings (SSSR count). The van der Waals surface area contributed by atoms with Crippen molar-refractivity contribution >= 4 is 11.6 Å². The molecular weight excluding hydrogens is 216 g/mol. The van der Waals surface area contributed by atoms with Gasteiger partial charge in [0.1, 0.15) is 11.3 Å². The first-order valence-electron chi connectivity index (χ1n) is 5.90. The number of methoxy groups -OCH3 is 1. The Kier molecular flexibility index (Phi) is 3.22. The Morgan fingerprint density at radius 1 is 1.59 bits per heavy atom. The van der Waals surface area contributed by atoms with Crippen LogP contribution in [0.25, 0.3) is 0 Å². The SMILES string of the molecule is CCC1CC1NC(=O)c1c(N)cccc1OC. The van der Waals surface area contributed by atoms with Gasteiger partial charge in [0.2, 0.25) is 0 Å². The predicted molar refractivity (Wildman–Crippen MR) is 67.1 cm³/mol. The first-order chi connectivity index (χ1) is 8.17. The van der Waals surface area contributed by atoms with Crippen LogP contribution in [0.3, 0.4) is 0 Å². The van der Waals surface area contributed by atoms with Crippen LogP contribution in [-0.4, -0.2) is 19.1 Å². The van der Waals surface area contributed by atoms with E-state index in [1.165, 1.54) is 7.11 Å². The van der Waals surface area contributed by atoms with Crippen LogP contribution >= 0.6 is 0 Å². The van der Waals surface area contributed by atoms with Gasteiger partial charge in [-0.15, -0.1) is 0 Å². The Morgan fingerprint density at radius 3 is 2.94 bits per heavy atom. The zero-order valence-electron chi connectivity index (χ0n) is 10.2. The maximum absolute atomic E-state index is 12.1. The number of benzene rings is 1. The van der Waals surface area contributed by atoms with Crippen LogP contribution in [0.4, 0.5) is 5.69 Å². The molecule has 0 spiro atoms. The number of anilines is 1. The number of carbonyl (C=O) groups is 1. The number of nitrogens with one attached hydrogen (secondary N) is 1. The fourth-order valence-corrected chi connectivity index (χ4v) is 2.08. The van der Waals surface area contributed by atoms with Gasteiger partial charge in [-0.2, -0.15) is 0 Å². The summed E-state index contributed by atoms with van der Waals surface area (Å²) in [5, 5.41) is 2.99. The maximum atomic E-state index is 12.1. The lowest BCUT2D eigenvalue weighted by Gasteiger charge is -2.11. The summed E-state index contributed by atoms with van der Waals surface area (Å²) >= 11 is 0. The van der Waals surface area contributed by atoms with Crippen molar-refractivity contribution in [3.8, 4) is 5.75 Å². The normalized spacial score (nSPS) is 22.0. The van der Waals surface area contributed by atoms with Crippen molar-refractivity contribution in [1.29, 1.82) is 0 Å². The van der Waals surface area contributed by atoms with E-state index in [9.17, 15) is 4.79 Å². The molecule has 0 aliphatic heterocycles. The molecule has 2 unspecified atom stereocenters. The molecule has 1 fully saturated rings. The van der Waals surface area contributed by atoms with Gasteiger partial charge in [-0.1, -0.05) is 19.4 Å². The summed E-state index contributed by atoms with van der Waals surface area (Å²) in [6.07, 6.45) is 2.17. The topological polar surface area (TPSA) is 64.4 Å². The van der Waals surface area contributed by atoms with Gasteiger partial charge in [-0.3, -0.25) is 4.79 Å². The van der Waals surface area contributed by atoms with E-state index in [2.05, 4.69) is 12.2 Å². The molecule has 1 aromatic rings. The lowest BCUT2D eigenvalue weighted by atomic mass is 10.1. The van der Waals surface area contributed by atoms with Gasteiger partial charge >= 0.3 is 0 Å². The van der Waals surface area contributed by atoms with E-state index < -0.39 is 0 Å². The van der Waals surface area contributed by atoms with Crippen LogP contribution in [0.15, 0.2) is 18.2 Å². The van der Waals surface area contributed by atoms with Crippen LogP contribution in [0, 0.1) is 5.92 Å². The van der Waals surface area contributed by atoms with Crippen molar-refractivity contribution in [1.82, 2.24) is 5.32 Å². The van der Waals surface area contributed by atoms with Gasteiger partial charge in [0.15, 0.2) is 0 Å². The summed E-state index contributed by atoms with van der Waals surface area (Å²) < 4.78 is 5.16. The van der Waals surface area contributed by atoms with E-state index in [1.807, 2.05) is 0 Å². The largest absolute Gasteiger partial charge is 0.496 e. The van der Waals surface area contributed by atoms with Crippen LogP contribution in [0.5, 0.6) is 5.75 Å². The Bertz CT molecular complexity index is 431. The molecule has 0 saturated heterocycles. The summed E-state index contributed by atoms with van der Waals surface area (Å²) in [4.78, 5) is 12.1. The third-order valence-electron chi connectivity index (χ3n) is 3.27. The highest BCUT2D eigenvalue weighted by molar-refractivity contribution is 6.02. The average molecular weight is 234 g/mol. The zero-order valence-corrected chi connectivity index (χ0v) is 10.2. The van der Waals surface area contributed by atoms with E-state index in [1.54, 1.807) is 18.2 Å². The van der Waals surface area contributed by atoms with E-state index in [0.29, 0.717) is 29.0 Å². The number of hydrogen-bond acceptors (Lipinski definition) is 3. The molecule has 3 N–H and O–H groups in total. The molecular formula is C13H18N2O2. The summed E-state index contributed by atoms with van der Waals surface area (Å²) in [6, 6.07) is 5.53. The molecule has 1 saturated carbocycles. The molecule has 0 bridgehead atoms. The summed E-state index contributed by atoms with van der Waals surface area (Å²) in [6.45, 7) is 2.13. The monoisotopic (exact) mass is 234 g/mol. The highest BCUT2D eigenvalue weighted by Gasteiger charge is 2.37. The molecule has 0 radical (unpaired) electrons. The Hall–Kier alpha value is -1.71. The van der Waals surface area contributed by atoms with Crippen LogP contribution < -0.4 is 15.8 Å². The van der Waals surface area contributed by atoms with Crippen LogP contribution in [0.1, 0.15) is 30.1 Å². The van der Waals surface area contributed by atoms with E-state index >= 15 is 0 Å². The predicted octanol–water partition coefficient (Wildman–Crippen LogP) is 1.81. The third kappa shape index (κ3) is 2.35. The average Bonchev–Trinajstić information content (AvgIpc) is 3.06. The Morgan fingerprint density at radius 2 is 2.35 bits per heavy atom. The van der Waals surface area contributed by atoms with E-state index in [0.717, 1.165) is 12.8 Å². The highest BCUT2D eigenvalue weighted by Crippen LogP contribution is 2.34. The number of nitrogen functional groups attached to an aromatic ring is 1. The second-order valence-electron chi connectivity index (χ2n) is 4.41. The molecule has 1 amide bonds. The summed E-state index contributed by atoms with van der Waals surface area (Å²) in [5.74, 6) is 1.01. The van der Waals surface area contributed by atoms with Crippen molar-refractivity contribution in [2.24, 2.45) is 5.92 Å². The quantitative estimate of drug-likeness (QED) is 0.781. The van der Waals surface area contributed by atoms with Gasteiger partial charge in [0.25, 0.3) is 5.91 Å². The van der Waals surface area contributed by atoms with Gasteiger partial charge in [0, 0.05) is 11.7 Å². The van der Waals surface area contributed by atoms with Crippen molar-refractivity contribution in [3.63, 3.8) is 0 Å². The van der Waals surface area contributed by atoms with E-state index in [-0.39, 0.29) is 5.91 Å². The van der Waals surface area contributed by atoms with Gasteiger partial charge in [0.05, 0.1) is 7.11 Å². The fourth-order valence-electron chi connectivity index (χ4n) is 2.08. The molecule has 92 valence electrons. The second kappa shape index (κ2) is 4.65. The molecule has 0 aromatic heterocycles. The molecule has 4 heteroatoms. The van der Waals surface area contributed by atoms with Gasteiger partial charge in [-0.05, 0) is 24.5 Å². The number of hydrogen-bond donors (Lipinski definition) is 2. The standard InChI is InChI=1S/C13H18N2O2/c1-3-8-7-10(8)15-13(16)12-9(14)5-4-6-11(12)17-2/h4-6,8,10H,3,7,14H2,1-2H3,(H,15,16). The molecule has 17 heavy (non-hydrogen) atoms. The van der Waals surface area contributed by atoms with Crippen LogP contribution in [-0.2, 0) is 0 Å². The number of nitrogens with two attached hydrogens (primary N) is 1. The van der Waals surface area contributed by atoms with Crippen LogP contribution in [0.2, 0.25) is 0 Å². The number of amides is 1. The minimum absolute atomic E-state index is 0.138. The lowest BCUT2D eigenvalue weighted by molar-refractivity contribution is 0.0947. The fraction of sp³-hybridized carbons (Fsp3) is 0.462. The summed E-state index contributed by atoms with van der Waals surface area (Å²) in [7, 11) is 1.54. The molecule has 1 aliphatic rings. The second-order valence-corrected chi connectivity index (χ2v) is 4.41.